The number of nitrogen functional groups attached to an aromatic ring is 1. The number of halogens is 1. The van der Waals surface area contributed by atoms with Crippen molar-refractivity contribution in [3.8, 4) is 0 Å². The number of aliphatic hydroxyl groups excluding tert-OH is 2. The van der Waals surface area contributed by atoms with Crippen molar-refractivity contribution in [2.75, 3.05) is 12.3 Å². The molecule has 4 N–H and O–H groups in total. The summed E-state index contributed by atoms with van der Waals surface area (Å²) < 4.78 is 6.96. The number of rotatable bonds is 3. The van der Waals surface area contributed by atoms with Crippen molar-refractivity contribution in [1.82, 2.24) is 19.5 Å². The molecule has 116 valence electrons. The monoisotopic (exact) mass is 326 g/mol. The van der Waals surface area contributed by atoms with E-state index >= 15 is 0 Å². The van der Waals surface area contributed by atoms with E-state index < -0.39 is 31.1 Å². The zero-order valence-corrected chi connectivity index (χ0v) is 11.7. The highest BCUT2D eigenvalue weighted by Crippen LogP contribution is 2.34. The maximum absolute atomic E-state index is 10.1. The molecular weight excluding hydrogens is 316 g/mol. The van der Waals surface area contributed by atoms with Crippen molar-refractivity contribution < 1.29 is 14.9 Å². The molecule has 2 aromatic heterocycles. The number of nitrogens with two attached hydrogens (primary N) is 1. The van der Waals surface area contributed by atoms with Gasteiger partial charge >= 0.3 is 0 Å². The Bertz CT molecular complexity index is 760. The van der Waals surface area contributed by atoms with E-state index in [0.717, 1.165) is 0 Å². The summed E-state index contributed by atoms with van der Waals surface area (Å²) in [5.41, 5.74) is 14.9. The maximum atomic E-state index is 10.1. The lowest BCUT2D eigenvalue weighted by atomic mass is 10.1. The number of aliphatic hydroxyl groups is 2. The molecule has 1 saturated heterocycles. The Morgan fingerprint density at radius 2 is 2.32 bits per heavy atom. The predicted molar refractivity (Wildman–Crippen MR) is 74.7 cm³/mol. The number of hydrogen-bond acceptors (Lipinski definition) is 8. The van der Waals surface area contributed by atoms with E-state index in [-0.39, 0.29) is 16.7 Å². The third kappa shape index (κ3) is 2.21. The summed E-state index contributed by atoms with van der Waals surface area (Å²) in [4.78, 5) is 14.6. The SMILES string of the molecule is [N-]=[N+]=NC1C(n2cnc3c(N)nc(Cl)nc32)O[C@H](CO)[C@@H]1O. The highest BCUT2D eigenvalue weighted by atomic mass is 35.5. The normalized spacial score (nSPS) is 28.0. The topological polar surface area (TPSA) is 168 Å². The third-order valence-electron chi connectivity index (χ3n) is 3.40. The highest BCUT2D eigenvalue weighted by molar-refractivity contribution is 6.28. The zero-order valence-electron chi connectivity index (χ0n) is 11.0. The number of ether oxygens (including phenoxy) is 1. The Hall–Kier alpha value is -2.17. The van der Waals surface area contributed by atoms with Crippen LogP contribution in [0, 0.1) is 0 Å². The van der Waals surface area contributed by atoms with Gasteiger partial charge in [0.25, 0.3) is 0 Å². The van der Waals surface area contributed by atoms with Gasteiger partial charge in [-0.2, -0.15) is 9.97 Å². The molecule has 2 aromatic rings. The molecule has 0 bridgehead atoms. The number of hydrogen-bond donors (Lipinski definition) is 3. The molecule has 22 heavy (non-hydrogen) atoms. The molecule has 2 unspecified atom stereocenters. The lowest BCUT2D eigenvalue weighted by Crippen LogP contribution is -2.31. The van der Waals surface area contributed by atoms with E-state index in [1.165, 1.54) is 10.9 Å². The average molecular weight is 327 g/mol. The van der Waals surface area contributed by atoms with Crippen LogP contribution in [0.15, 0.2) is 11.4 Å². The summed E-state index contributed by atoms with van der Waals surface area (Å²) >= 11 is 5.79. The quantitative estimate of drug-likeness (QED) is 0.308. The zero-order chi connectivity index (χ0) is 15.9. The fourth-order valence-corrected chi connectivity index (χ4v) is 2.56. The van der Waals surface area contributed by atoms with Crippen molar-refractivity contribution in [2.45, 2.75) is 24.5 Å². The fraction of sp³-hybridized carbons (Fsp3) is 0.500. The summed E-state index contributed by atoms with van der Waals surface area (Å²) in [6.45, 7) is -0.431. The summed E-state index contributed by atoms with van der Waals surface area (Å²) in [6.07, 6.45) is -1.60. The van der Waals surface area contributed by atoms with Gasteiger partial charge in [0.2, 0.25) is 5.28 Å². The molecule has 3 heterocycles. The molecule has 0 aliphatic carbocycles. The van der Waals surface area contributed by atoms with Gasteiger partial charge < -0.3 is 20.7 Å². The van der Waals surface area contributed by atoms with Crippen molar-refractivity contribution >= 4 is 28.6 Å². The Kier molecular flexibility index (Phi) is 3.72. The first kappa shape index (κ1) is 14.8. The molecule has 1 fully saturated rings. The molecule has 0 spiro atoms. The molecule has 0 saturated carbocycles. The van der Waals surface area contributed by atoms with Crippen molar-refractivity contribution in [3.63, 3.8) is 0 Å². The molecule has 4 atom stereocenters. The van der Waals surface area contributed by atoms with Crippen LogP contribution in [-0.2, 0) is 4.74 Å². The minimum absolute atomic E-state index is 0.0793. The molecule has 0 radical (unpaired) electrons. The van der Waals surface area contributed by atoms with E-state index in [1.807, 2.05) is 0 Å². The average Bonchev–Trinajstić information content (AvgIpc) is 3.02. The van der Waals surface area contributed by atoms with Crippen LogP contribution < -0.4 is 5.73 Å². The Morgan fingerprint density at radius 3 is 3.00 bits per heavy atom. The van der Waals surface area contributed by atoms with E-state index in [9.17, 15) is 10.2 Å². The smallest absolute Gasteiger partial charge is 0.226 e. The molecule has 3 rings (SSSR count). The van der Waals surface area contributed by atoms with Crippen LogP contribution in [0.1, 0.15) is 6.23 Å². The Labute approximate surface area is 127 Å². The molecule has 11 nitrogen and oxygen atoms in total. The minimum atomic E-state index is -1.17. The Morgan fingerprint density at radius 1 is 1.55 bits per heavy atom. The standard InChI is InChI=1S/C10H11ClN8O3/c11-10-15-7(12)5-8(16-10)19(2-14-5)9-4(17-18-13)6(21)3(1-20)22-9/h2-4,6,9,20-21H,1H2,(H2,12,15,16)/t3-,4?,6+,9?/m1/s1. The van der Waals surface area contributed by atoms with Gasteiger partial charge in [0, 0.05) is 4.91 Å². The molecule has 12 heteroatoms. The van der Waals surface area contributed by atoms with E-state index in [1.54, 1.807) is 0 Å². The van der Waals surface area contributed by atoms with Gasteiger partial charge in [-0.1, -0.05) is 5.11 Å². The second-order valence-electron chi connectivity index (χ2n) is 4.64. The first-order valence-corrected chi connectivity index (χ1v) is 6.58. The summed E-state index contributed by atoms with van der Waals surface area (Å²) in [5.74, 6) is 0.0892. The van der Waals surface area contributed by atoms with Crippen LogP contribution >= 0.6 is 11.6 Å². The van der Waals surface area contributed by atoms with Gasteiger partial charge in [0.15, 0.2) is 11.5 Å². The summed E-state index contributed by atoms with van der Waals surface area (Å²) in [6, 6.07) is -0.963. The van der Waals surface area contributed by atoms with Crippen LogP contribution in [-0.4, -0.2) is 54.6 Å². The minimum Gasteiger partial charge on any atom is -0.394 e. The lowest BCUT2D eigenvalue weighted by Gasteiger charge is -2.17. The third-order valence-corrected chi connectivity index (χ3v) is 3.57. The maximum Gasteiger partial charge on any atom is 0.226 e. The van der Waals surface area contributed by atoms with Crippen molar-refractivity contribution in [3.05, 3.63) is 22.1 Å². The summed E-state index contributed by atoms with van der Waals surface area (Å²) in [5, 5.41) is 22.7. The molecule has 1 aliphatic rings. The van der Waals surface area contributed by atoms with Gasteiger partial charge in [0.05, 0.1) is 19.0 Å². The molecule has 1 aliphatic heterocycles. The van der Waals surface area contributed by atoms with Crippen LogP contribution in [0.2, 0.25) is 5.28 Å². The second-order valence-corrected chi connectivity index (χ2v) is 4.97. The Balaban J connectivity index is 2.11. The van der Waals surface area contributed by atoms with Gasteiger partial charge in [-0.25, -0.2) is 4.98 Å². The number of azide groups is 1. The number of anilines is 1. The number of imidazole rings is 1. The predicted octanol–water partition coefficient (Wildman–Crippen LogP) is -0.00860. The van der Waals surface area contributed by atoms with E-state index in [0.29, 0.717) is 5.52 Å². The fourth-order valence-electron chi connectivity index (χ4n) is 2.39. The largest absolute Gasteiger partial charge is 0.394 e. The molecule has 0 amide bonds. The van der Waals surface area contributed by atoms with Crippen molar-refractivity contribution in [2.24, 2.45) is 5.11 Å². The summed E-state index contributed by atoms with van der Waals surface area (Å²) in [7, 11) is 0. The van der Waals surface area contributed by atoms with E-state index in [2.05, 4.69) is 25.0 Å². The van der Waals surface area contributed by atoms with Gasteiger partial charge in [0.1, 0.15) is 23.9 Å². The molecular formula is C10H11ClN8O3. The second kappa shape index (κ2) is 5.55. The number of fused-ring (bicyclic) bond motifs is 1. The highest BCUT2D eigenvalue weighted by Gasteiger charge is 2.44. The van der Waals surface area contributed by atoms with Gasteiger partial charge in [-0.3, -0.25) is 4.57 Å². The van der Waals surface area contributed by atoms with E-state index in [4.69, 9.17) is 27.6 Å². The van der Waals surface area contributed by atoms with Gasteiger partial charge in [-0.15, -0.1) is 0 Å². The van der Waals surface area contributed by atoms with Crippen LogP contribution in [0.5, 0.6) is 0 Å². The number of aromatic nitrogens is 4. The van der Waals surface area contributed by atoms with Crippen molar-refractivity contribution in [1.29, 1.82) is 0 Å². The van der Waals surface area contributed by atoms with Crippen LogP contribution in [0.25, 0.3) is 21.6 Å². The molecule has 0 aromatic carbocycles. The van der Waals surface area contributed by atoms with Crippen LogP contribution in [0.4, 0.5) is 5.82 Å². The first-order valence-electron chi connectivity index (χ1n) is 6.21. The number of nitrogens with zero attached hydrogens (tertiary/aromatic N) is 7. The lowest BCUT2D eigenvalue weighted by molar-refractivity contribution is -0.0437. The first-order chi connectivity index (χ1) is 10.6. The van der Waals surface area contributed by atoms with Crippen LogP contribution in [0.3, 0.4) is 0 Å². The van der Waals surface area contributed by atoms with Gasteiger partial charge in [-0.05, 0) is 17.1 Å².